The van der Waals surface area contributed by atoms with E-state index < -0.39 is 0 Å². The summed E-state index contributed by atoms with van der Waals surface area (Å²) in [4.78, 5) is 0. The van der Waals surface area contributed by atoms with Crippen molar-refractivity contribution in [1.29, 1.82) is 0 Å². The largest absolute Gasteiger partial charge is 0.399 e. The highest BCUT2D eigenvalue weighted by Gasteiger charge is 1.80. The zero-order chi connectivity index (χ0) is 12.0. The molecule has 0 heterocycles. The average molecular weight is 216 g/mol. The second-order valence-corrected chi connectivity index (χ2v) is 3.82. The van der Waals surface area contributed by atoms with Crippen LogP contribution >= 0.6 is 0 Å². The molecule has 0 aliphatic rings. The number of benzene rings is 2. The topological polar surface area (TPSA) is 52.0 Å². The van der Waals surface area contributed by atoms with Gasteiger partial charge in [-0.2, -0.15) is 0 Å². The molecule has 0 saturated carbocycles. The van der Waals surface area contributed by atoms with Crippen LogP contribution in [0.15, 0.2) is 48.5 Å². The molecule has 2 aromatic rings. The van der Waals surface area contributed by atoms with Crippen molar-refractivity contribution in [1.82, 2.24) is 0 Å². The molecule has 0 bridgehead atoms. The summed E-state index contributed by atoms with van der Waals surface area (Å²) in [5, 5.41) is 0. The third-order valence-electron chi connectivity index (χ3n) is 2.15. The van der Waals surface area contributed by atoms with Gasteiger partial charge in [-0.05, 0) is 38.1 Å². The first-order valence-electron chi connectivity index (χ1n) is 5.22. The quantitative estimate of drug-likeness (QED) is 0.663. The minimum Gasteiger partial charge on any atom is -0.399 e. The molecule has 86 valence electrons. The molecule has 2 nitrogen and oxygen atoms in total. The molecular weight excluding hydrogens is 196 g/mol. The Labute approximate surface area is 98.4 Å². The standard InChI is InChI=1S/2C7H9N.H2/c2*1-6-2-4-7(8)5-3-6;/h2*2-5H,8H2,1H3;1H. The summed E-state index contributed by atoms with van der Waals surface area (Å²) in [7, 11) is 0. The van der Waals surface area contributed by atoms with Crippen molar-refractivity contribution < 1.29 is 1.43 Å². The van der Waals surface area contributed by atoms with Crippen molar-refractivity contribution >= 4 is 11.4 Å². The number of anilines is 2. The van der Waals surface area contributed by atoms with E-state index in [1.165, 1.54) is 11.1 Å². The first-order valence-corrected chi connectivity index (χ1v) is 5.22. The molecule has 0 fully saturated rings. The van der Waals surface area contributed by atoms with Crippen LogP contribution in [0.3, 0.4) is 0 Å². The van der Waals surface area contributed by atoms with Gasteiger partial charge in [0.25, 0.3) is 0 Å². The van der Waals surface area contributed by atoms with E-state index in [-0.39, 0.29) is 1.43 Å². The van der Waals surface area contributed by atoms with E-state index in [2.05, 4.69) is 0 Å². The maximum absolute atomic E-state index is 5.43. The van der Waals surface area contributed by atoms with Gasteiger partial charge in [-0.15, -0.1) is 0 Å². The lowest BCUT2D eigenvalue weighted by molar-refractivity contribution is 1.47. The van der Waals surface area contributed by atoms with Crippen LogP contribution in [0.2, 0.25) is 0 Å². The van der Waals surface area contributed by atoms with Crippen molar-refractivity contribution in [2.24, 2.45) is 0 Å². The molecule has 0 spiro atoms. The molecule has 0 aromatic heterocycles. The number of aryl methyl sites for hydroxylation is 2. The van der Waals surface area contributed by atoms with Crippen molar-refractivity contribution in [3.8, 4) is 0 Å². The molecule has 0 unspecified atom stereocenters. The predicted molar refractivity (Wildman–Crippen MR) is 73.3 cm³/mol. The van der Waals surface area contributed by atoms with E-state index in [9.17, 15) is 0 Å². The maximum Gasteiger partial charge on any atom is 0.0314 e. The normalized spacial score (nSPS) is 9.12. The van der Waals surface area contributed by atoms with Gasteiger partial charge in [-0.1, -0.05) is 35.4 Å². The lowest BCUT2D eigenvalue weighted by Crippen LogP contribution is -1.81. The lowest BCUT2D eigenvalue weighted by atomic mass is 10.2. The SMILES string of the molecule is Cc1ccc(N)cc1.Cc1ccc(N)cc1.[HH]. The highest BCUT2D eigenvalue weighted by molar-refractivity contribution is 5.39. The Hall–Kier alpha value is -1.96. The van der Waals surface area contributed by atoms with Gasteiger partial charge in [0.05, 0.1) is 0 Å². The van der Waals surface area contributed by atoms with Crippen LogP contribution in [0.5, 0.6) is 0 Å². The Kier molecular flexibility index (Phi) is 4.40. The molecule has 0 aliphatic carbocycles. The fourth-order valence-electron chi connectivity index (χ4n) is 1.13. The van der Waals surface area contributed by atoms with E-state index in [1.807, 2.05) is 62.4 Å². The molecule has 2 heteroatoms. The van der Waals surface area contributed by atoms with Gasteiger partial charge < -0.3 is 11.5 Å². The summed E-state index contributed by atoms with van der Waals surface area (Å²) in [6, 6.07) is 15.6. The van der Waals surface area contributed by atoms with Crippen LogP contribution in [0.1, 0.15) is 12.6 Å². The number of hydrogen-bond acceptors (Lipinski definition) is 2. The van der Waals surface area contributed by atoms with Gasteiger partial charge in [0.15, 0.2) is 0 Å². The number of hydrogen-bond donors (Lipinski definition) is 2. The molecule has 0 aliphatic heterocycles. The summed E-state index contributed by atoms with van der Waals surface area (Å²) in [6.45, 7) is 4.08. The maximum atomic E-state index is 5.43. The number of rotatable bonds is 0. The van der Waals surface area contributed by atoms with Gasteiger partial charge in [-0.3, -0.25) is 0 Å². The van der Waals surface area contributed by atoms with Crippen molar-refractivity contribution in [2.75, 3.05) is 11.5 Å². The highest BCUT2D eigenvalue weighted by atomic mass is 14.5. The Morgan fingerprint density at radius 3 is 1.06 bits per heavy atom. The fourth-order valence-corrected chi connectivity index (χ4v) is 1.13. The zero-order valence-electron chi connectivity index (χ0n) is 9.77. The van der Waals surface area contributed by atoms with E-state index in [1.54, 1.807) is 0 Å². The molecule has 16 heavy (non-hydrogen) atoms. The molecule has 0 atom stereocenters. The Morgan fingerprint density at radius 2 is 0.875 bits per heavy atom. The summed E-state index contributed by atoms with van der Waals surface area (Å²) in [5.74, 6) is 0. The monoisotopic (exact) mass is 216 g/mol. The first-order chi connectivity index (χ1) is 7.58. The van der Waals surface area contributed by atoms with Crippen LogP contribution in [-0.2, 0) is 0 Å². The second-order valence-electron chi connectivity index (χ2n) is 3.82. The summed E-state index contributed by atoms with van der Waals surface area (Å²) in [6.07, 6.45) is 0. The molecular formula is C14H20N2. The van der Waals surface area contributed by atoms with Crippen LogP contribution < -0.4 is 11.5 Å². The smallest absolute Gasteiger partial charge is 0.0314 e. The Bertz CT molecular complexity index is 335. The Balaban J connectivity index is 0.000000284. The van der Waals surface area contributed by atoms with Crippen LogP contribution in [0.4, 0.5) is 11.4 Å². The molecule has 2 aromatic carbocycles. The van der Waals surface area contributed by atoms with Gasteiger partial charge >= 0.3 is 0 Å². The summed E-state index contributed by atoms with van der Waals surface area (Å²) < 4.78 is 0. The first kappa shape index (κ1) is 12.1. The summed E-state index contributed by atoms with van der Waals surface area (Å²) >= 11 is 0. The Morgan fingerprint density at radius 1 is 0.625 bits per heavy atom. The number of nitrogen functional groups attached to an aromatic ring is 2. The molecule has 0 amide bonds. The van der Waals surface area contributed by atoms with E-state index in [0.29, 0.717) is 0 Å². The third-order valence-corrected chi connectivity index (χ3v) is 2.15. The second kappa shape index (κ2) is 5.81. The number of nitrogens with two attached hydrogens (primary N) is 2. The van der Waals surface area contributed by atoms with Crippen LogP contribution in [0, 0.1) is 13.8 Å². The average Bonchev–Trinajstić information content (AvgIpc) is 2.28. The predicted octanol–water partition coefficient (Wildman–Crippen LogP) is 3.40. The van der Waals surface area contributed by atoms with Gasteiger partial charge in [0.2, 0.25) is 0 Å². The molecule has 2 rings (SSSR count). The summed E-state index contributed by atoms with van der Waals surface area (Å²) in [5.41, 5.74) is 15.0. The fraction of sp³-hybridized carbons (Fsp3) is 0.143. The van der Waals surface area contributed by atoms with E-state index >= 15 is 0 Å². The van der Waals surface area contributed by atoms with E-state index in [0.717, 1.165) is 11.4 Å². The van der Waals surface area contributed by atoms with Gasteiger partial charge in [0, 0.05) is 12.8 Å². The van der Waals surface area contributed by atoms with E-state index in [4.69, 9.17) is 11.5 Å². The van der Waals surface area contributed by atoms with Crippen LogP contribution in [-0.4, -0.2) is 0 Å². The van der Waals surface area contributed by atoms with Crippen molar-refractivity contribution in [2.45, 2.75) is 13.8 Å². The molecule has 0 radical (unpaired) electrons. The van der Waals surface area contributed by atoms with Gasteiger partial charge in [-0.25, -0.2) is 0 Å². The van der Waals surface area contributed by atoms with Crippen LogP contribution in [0.25, 0.3) is 0 Å². The third kappa shape index (κ3) is 4.51. The van der Waals surface area contributed by atoms with Crippen molar-refractivity contribution in [3.05, 3.63) is 59.7 Å². The zero-order valence-corrected chi connectivity index (χ0v) is 9.77. The minimum atomic E-state index is 0. The lowest BCUT2D eigenvalue weighted by Gasteiger charge is -1.90. The minimum absolute atomic E-state index is 0. The highest BCUT2D eigenvalue weighted by Crippen LogP contribution is 2.02. The molecule has 0 saturated heterocycles. The van der Waals surface area contributed by atoms with Gasteiger partial charge in [0.1, 0.15) is 0 Å². The van der Waals surface area contributed by atoms with Crippen molar-refractivity contribution in [3.63, 3.8) is 0 Å². The molecule has 4 N–H and O–H groups in total.